The molecular formula is C30H36N6. The van der Waals surface area contributed by atoms with Crippen LogP contribution in [0.4, 0.5) is 5.82 Å². The molecule has 186 valence electrons. The molecule has 1 aromatic carbocycles. The average Bonchev–Trinajstić information content (AvgIpc) is 3.32. The van der Waals surface area contributed by atoms with Crippen LogP contribution in [0, 0.1) is 6.92 Å². The van der Waals surface area contributed by atoms with Gasteiger partial charge in [-0.1, -0.05) is 36.4 Å². The minimum absolute atomic E-state index is 0.302. The van der Waals surface area contributed by atoms with Gasteiger partial charge in [-0.05, 0) is 68.1 Å². The monoisotopic (exact) mass is 480 g/mol. The number of aryl methyl sites for hydroxylation is 2. The minimum atomic E-state index is 0.302. The van der Waals surface area contributed by atoms with Gasteiger partial charge in [-0.15, -0.1) is 0 Å². The van der Waals surface area contributed by atoms with Crippen LogP contribution >= 0.6 is 0 Å². The van der Waals surface area contributed by atoms with Crippen LogP contribution in [0.3, 0.4) is 0 Å². The lowest BCUT2D eigenvalue weighted by atomic mass is 9.90. The standard InChI is InChI=1S/C30H36N6/c1-23-8-3-4-9-25(23)20-35(27-12-5-10-24-11-7-15-31-30(24)27)21-26-22-36-28(32-26)13-6-14-29(36)34-18-16-33(2)17-19-34/h3-4,6-9,11,13-15,22,27H,5,10,12,16-21H2,1-2H3/t27-/m0/s1. The van der Waals surface area contributed by atoms with E-state index in [1.807, 2.05) is 6.20 Å². The van der Waals surface area contributed by atoms with Crippen molar-refractivity contribution in [2.45, 2.75) is 45.3 Å². The van der Waals surface area contributed by atoms with Gasteiger partial charge in [0.1, 0.15) is 11.5 Å². The molecular weight excluding hydrogens is 444 g/mol. The molecule has 2 aliphatic rings. The Morgan fingerprint density at radius 2 is 1.81 bits per heavy atom. The average molecular weight is 481 g/mol. The highest BCUT2D eigenvalue weighted by atomic mass is 15.3. The predicted octanol–water partition coefficient (Wildman–Crippen LogP) is 4.87. The fourth-order valence-electron chi connectivity index (χ4n) is 5.85. The summed E-state index contributed by atoms with van der Waals surface area (Å²) in [5.41, 5.74) is 7.51. The maximum atomic E-state index is 5.10. The SMILES string of the molecule is Cc1ccccc1CN(Cc1cn2c(N3CCN(C)CC3)cccc2n1)[C@H]1CCCc2cccnc21. The topological polar surface area (TPSA) is 39.9 Å². The molecule has 6 nitrogen and oxygen atoms in total. The van der Waals surface area contributed by atoms with Gasteiger partial charge in [0.15, 0.2) is 0 Å². The highest BCUT2D eigenvalue weighted by Crippen LogP contribution is 2.35. The minimum Gasteiger partial charge on any atom is -0.355 e. The number of aromatic nitrogens is 3. The van der Waals surface area contributed by atoms with Crippen molar-refractivity contribution >= 4 is 11.5 Å². The van der Waals surface area contributed by atoms with Gasteiger partial charge in [0.05, 0.1) is 17.4 Å². The van der Waals surface area contributed by atoms with E-state index in [0.717, 1.165) is 63.5 Å². The molecule has 6 rings (SSSR count). The zero-order valence-corrected chi connectivity index (χ0v) is 21.5. The Balaban J connectivity index is 1.34. The summed E-state index contributed by atoms with van der Waals surface area (Å²) in [6, 6.07) is 19.9. The Hall–Kier alpha value is -3.22. The summed E-state index contributed by atoms with van der Waals surface area (Å²) < 4.78 is 2.29. The third-order valence-electron chi connectivity index (χ3n) is 7.95. The highest BCUT2D eigenvalue weighted by molar-refractivity contribution is 5.53. The van der Waals surface area contributed by atoms with Crippen molar-refractivity contribution in [3.05, 3.63) is 95.1 Å². The van der Waals surface area contributed by atoms with E-state index < -0.39 is 0 Å². The third kappa shape index (κ3) is 4.63. The fourth-order valence-corrected chi connectivity index (χ4v) is 5.85. The summed E-state index contributed by atoms with van der Waals surface area (Å²) in [6.45, 7) is 8.20. The number of hydrogen-bond acceptors (Lipinski definition) is 5. The predicted molar refractivity (Wildman–Crippen MR) is 145 cm³/mol. The van der Waals surface area contributed by atoms with Gasteiger partial charge < -0.3 is 9.80 Å². The van der Waals surface area contributed by atoms with Crippen LogP contribution in [0.5, 0.6) is 0 Å². The number of pyridine rings is 2. The molecule has 0 bridgehead atoms. The Labute approximate surface area is 214 Å². The summed E-state index contributed by atoms with van der Waals surface area (Å²) in [6.07, 6.45) is 7.68. The number of benzene rings is 1. The molecule has 1 saturated heterocycles. The van der Waals surface area contributed by atoms with Crippen LogP contribution in [0.2, 0.25) is 0 Å². The molecule has 3 aromatic heterocycles. The van der Waals surface area contributed by atoms with E-state index in [0.29, 0.717) is 6.04 Å². The van der Waals surface area contributed by atoms with E-state index in [-0.39, 0.29) is 0 Å². The molecule has 4 heterocycles. The summed E-state index contributed by atoms with van der Waals surface area (Å²) in [5.74, 6) is 1.24. The van der Waals surface area contributed by atoms with Crippen molar-refractivity contribution in [3.63, 3.8) is 0 Å². The molecule has 36 heavy (non-hydrogen) atoms. The lowest BCUT2D eigenvalue weighted by molar-refractivity contribution is 0.155. The van der Waals surface area contributed by atoms with Gasteiger partial charge in [-0.3, -0.25) is 14.3 Å². The zero-order chi connectivity index (χ0) is 24.5. The molecule has 0 spiro atoms. The Bertz CT molecular complexity index is 1340. The maximum Gasteiger partial charge on any atom is 0.138 e. The number of likely N-dealkylation sites (N-methyl/N-ethyl adjacent to an activating group) is 1. The van der Waals surface area contributed by atoms with Gasteiger partial charge in [-0.25, -0.2) is 4.98 Å². The number of piperazine rings is 1. The van der Waals surface area contributed by atoms with Crippen LogP contribution < -0.4 is 4.90 Å². The van der Waals surface area contributed by atoms with Gasteiger partial charge >= 0.3 is 0 Å². The van der Waals surface area contributed by atoms with Gasteiger partial charge in [-0.2, -0.15) is 0 Å². The second kappa shape index (κ2) is 10.0. The number of rotatable bonds is 6. The molecule has 0 saturated carbocycles. The van der Waals surface area contributed by atoms with E-state index in [1.54, 1.807) is 0 Å². The number of nitrogens with zero attached hydrogens (tertiary/aromatic N) is 6. The Morgan fingerprint density at radius 3 is 2.67 bits per heavy atom. The normalized spacial score (nSPS) is 18.6. The van der Waals surface area contributed by atoms with Crippen LogP contribution in [0.25, 0.3) is 5.65 Å². The number of imidazole rings is 1. The second-order valence-electron chi connectivity index (χ2n) is 10.4. The smallest absolute Gasteiger partial charge is 0.138 e. The van der Waals surface area contributed by atoms with Crippen molar-refractivity contribution in [2.24, 2.45) is 0 Å². The van der Waals surface area contributed by atoms with Crippen molar-refractivity contribution in [3.8, 4) is 0 Å². The van der Waals surface area contributed by atoms with E-state index in [2.05, 4.69) is 93.9 Å². The molecule has 0 unspecified atom stereocenters. The molecule has 1 atom stereocenters. The first-order valence-electron chi connectivity index (χ1n) is 13.3. The molecule has 0 radical (unpaired) electrons. The summed E-state index contributed by atoms with van der Waals surface area (Å²) >= 11 is 0. The van der Waals surface area contributed by atoms with E-state index in [4.69, 9.17) is 9.97 Å². The first-order valence-corrected chi connectivity index (χ1v) is 13.3. The number of hydrogen-bond donors (Lipinski definition) is 0. The second-order valence-corrected chi connectivity index (χ2v) is 10.4. The summed E-state index contributed by atoms with van der Waals surface area (Å²) in [4.78, 5) is 17.5. The van der Waals surface area contributed by atoms with Crippen LogP contribution in [-0.4, -0.2) is 57.4 Å². The van der Waals surface area contributed by atoms with E-state index in [9.17, 15) is 0 Å². The molecule has 6 heteroatoms. The molecule has 0 amide bonds. The summed E-state index contributed by atoms with van der Waals surface area (Å²) in [7, 11) is 2.20. The van der Waals surface area contributed by atoms with Crippen LogP contribution in [0.1, 0.15) is 47.0 Å². The van der Waals surface area contributed by atoms with E-state index in [1.165, 1.54) is 34.6 Å². The fraction of sp³-hybridized carbons (Fsp3) is 0.400. The number of anilines is 1. The van der Waals surface area contributed by atoms with Gasteiger partial charge in [0, 0.05) is 51.7 Å². The van der Waals surface area contributed by atoms with Crippen molar-refractivity contribution in [1.29, 1.82) is 0 Å². The summed E-state index contributed by atoms with van der Waals surface area (Å²) in [5, 5.41) is 0. The van der Waals surface area contributed by atoms with Crippen LogP contribution in [0.15, 0.2) is 67.0 Å². The molecule has 0 N–H and O–H groups in total. The van der Waals surface area contributed by atoms with Crippen molar-refractivity contribution < 1.29 is 0 Å². The molecule has 1 aliphatic carbocycles. The Kier molecular flexibility index (Phi) is 6.46. The van der Waals surface area contributed by atoms with Gasteiger partial charge in [0.2, 0.25) is 0 Å². The van der Waals surface area contributed by atoms with Crippen LogP contribution in [-0.2, 0) is 19.5 Å². The van der Waals surface area contributed by atoms with Crippen molar-refractivity contribution in [2.75, 3.05) is 38.1 Å². The number of fused-ring (bicyclic) bond motifs is 2. The zero-order valence-electron chi connectivity index (χ0n) is 21.5. The van der Waals surface area contributed by atoms with Gasteiger partial charge in [0.25, 0.3) is 0 Å². The molecule has 4 aromatic rings. The molecule has 1 aliphatic heterocycles. The molecule has 1 fully saturated rings. The van der Waals surface area contributed by atoms with Crippen molar-refractivity contribution in [1.82, 2.24) is 24.2 Å². The first kappa shape index (κ1) is 23.2. The maximum absolute atomic E-state index is 5.10. The van der Waals surface area contributed by atoms with E-state index >= 15 is 0 Å². The Morgan fingerprint density at radius 1 is 0.944 bits per heavy atom. The lowest BCUT2D eigenvalue weighted by Crippen LogP contribution is -2.45. The lowest BCUT2D eigenvalue weighted by Gasteiger charge is -2.35. The highest BCUT2D eigenvalue weighted by Gasteiger charge is 2.28. The quantitative estimate of drug-likeness (QED) is 0.394. The first-order chi connectivity index (χ1) is 17.7. The largest absolute Gasteiger partial charge is 0.355 e. The third-order valence-corrected chi connectivity index (χ3v) is 7.95.